The number of nitrogens with two attached hydrogens (primary N) is 1. The van der Waals surface area contributed by atoms with Crippen LogP contribution in [0.1, 0.15) is 31.2 Å². The molecule has 1 saturated carbocycles. The first-order chi connectivity index (χ1) is 11.1. The molecule has 0 unspecified atom stereocenters. The Hall–Kier alpha value is -1.95. The highest BCUT2D eigenvalue weighted by atomic mass is 16.5. The van der Waals surface area contributed by atoms with Crippen molar-refractivity contribution >= 4 is 5.96 Å². The molecule has 0 radical (unpaired) electrons. The molecule has 1 fully saturated rings. The number of aliphatic imine (C=N–C) groups is 1. The van der Waals surface area contributed by atoms with Crippen LogP contribution >= 0.6 is 0 Å². The molecule has 0 spiro atoms. The molecule has 128 valence electrons. The van der Waals surface area contributed by atoms with E-state index in [2.05, 4.69) is 10.3 Å². The molecule has 1 aromatic carbocycles. The van der Waals surface area contributed by atoms with Crippen molar-refractivity contribution in [3.05, 3.63) is 23.8 Å². The summed E-state index contributed by atoms with van der Waals surface area (Å²) in [5.41, 5.74) is 6.33. The Bertz CT molecular complexity index is 540. The van der Waals surface area contributed by atoms with Crippen molar-refractivity contribution in [3.63, 3.8) is 0 Å². The predicted octanol–water partition coefficient (Wildman–Crippen LogP) is 1.46. The van der Waals surface area contributed by atoms with E-state index in [1.807, 2.05) is 18.2 Å². The monoisotopic (exact) mass is 321 g/mol. The summed E-state index contributed by atoms with van der Waals surface area (Å²) in [6.45, 7) is 1.05. The van der Waals surface area contributed by atoms with Gasteiger partial charge in [-0.15, -0.1) is 0 Å². The number of methoxy groups -OCH3 is 2. The van der Waals surface area contributed by atoms with E-state index in [4.69, 9.17) is 15.2 Å². The molecule has 0 heterocycles. The van der Waals surface area contributed by atoms with Gasteiger partial charge in [-0.1, -0.05) is 18.9 Å². The molecule has 1 aliphatic carbocycles. The molecule has 0 bridgehead atoms. The first-order valence-electron chi connectivity index (χ1n) is 8.03. The van der Waals surface area contributed by atoms with Gasteiger partial charge in [0.1, 0.15) is 0 Å². The van der Waals surface area contributed by atoms with Gasteiger partial charge in [-0.25, -0.2) is 0 Å². The van der Waals surface area contributed by atoms with E-state index < -0.39 is 5.60 Å². The second-order valence-electron chi connectivity index (χ2n) is 6.00. The lowest BCUT2D eigenvalue weighted by molar-refractivity contribution is 0.0575. The summed E-state index contributed by atoms with van der Waals surface area (Å²) in [6.07, 6.45) is 4.56. The summed E-state index contributed by atoms with van der Waals surface area (Å²) in [4.78, 5) is 4.26. The average Bonchev–Trinajstić information content (AvgIpc) is 3.00. The third kappa shape index (κ3) is 5.03. The number of hydrogen-bond acceptors (Lipinski definition) is 4. The van der Waals surface area contributed by atoms with Crippen LogP contribution in [-0.2, 0) is 6.42 Å². The lowest BCUT2D eigenvalue weighted by Crippen LogP contribution is -2.36. The number of nitrogens with zero attached hydrogens (tertiary/aromatic N) is 1. The molecule has 1 aliphatic rings. The summed E-state index contributed by atoms with van der Waals surface area (Å²) >= 11 is 0. The molecule has 0 amide bonds. The Kier molecular flexibility index (Phi) is 6.10. The summed E-state index contributed by atoms with van der Waals surface area (Å²) < 4.78 is 10.5. The molecule has 2 rings (SSSR count). The van der Waals surface area contributed by atoms with Crippen molar-refractivity contribution in [2.75, 3.05) is 27.3 Å². The Balaban J connectivity index is 1.80. The van der Waals surface area contributed by atoms with Crippen LogP contribution in [0.4, 0.5) is 0 Å². The third-order valence-electron chi connectivity index (χ3n) is 4.25. The zero-order valence-corrected chi connectivity index (χ0v) is 14.0. The van der Waals surface area contributed by atoms with Crippen molar-refractivity contribution in [1.29, 1.82) is 0 Å². The number of guanidine groups is 1. The van der Waals surface area contributed by atoms with Gasteiger partial charge in [0.25, 0.3) is 0 Å². The molecule has 0 aromatic heterocycles. The first-order valence-corrected chi connectivity index (χ1v) is 8.03. The Morgan fingerprint density at radius 3 is 2.61 bits per heavy atom. The maximum Gasteiger partial charge on any atom is 0.188 e. The van der Waals surface area contributed by atoms with Crippen LogP contribution in [0, 0.1) is 0 Å². The van der Waals surface area contributed by atoms with Gasteiger partial charge in [0.15, 0.2) is 17.5 Å². The largest absolute Gasteiger partial charge is 0.493 e. The normalized spacial score (nSPS) is 17.1. The van der Waals surface area contributed by atoms with Crippen LogP contribution in [0.5, 0.6) is 11.5 Å². The Labute approximate surface area is 137 Å². The van der Waals surface area contributed by atoms with Crippen molar-refractivity contribution in [2.45, 2.75) is 37.7 Å². The zero-order chi connectivity index (χ0) is 16.7. The molecule has 0 saturated heterocycles. The molecule has 1 aromatic rings. The molecule has 6 heteroatoms. The molecular formula is C17H27N3O3. The Morgan fingerprint density at radius 2 is 1.96 bits per heavy atom. The van der Waals surface area contributed by atoms with Gasteiger partial charge in [-0.2, -0.15) is 0 Å². The number of nitrogens with one attached hydrogen (secondary N) is 1. The standard InChI is InChI=1S/C17H27N3O3/c1-22-14-6-5-13(11-15(14)23-2)7-10-19-16(18)20-12-17(21)8-3-4-9-17/h5-6,11,21H,3-4,7-10,12H2,1-2H3,(H3,18,19,20). The van der Waals surface area contributed by atoms with Crippen molar-refractivity contribution in [1.82, 2.24) is 5.32 Å². The van der Waals surface area contributed by atoms with Gasteiger partial charge in [-0.05, 0) is 37.0 Å². The second kappa shape index (κ2) is 8.06. The smallest absolute Gasteiger partial charge is 0.188 e. The summed E-state index contributed by atoms with van der Waals surface area (Å²) in [5.74, 6) is 1.82. The van der Waals surface area contributed by atoms with Crippen molar-refractivity contribution in [2.24, 2.45) is 10.7 Å². The SMILES string of the molecule is COc1ccc(CCNC(N)=NCC2(O)CCCC2)cc1OC. The fourth-order valence-electron chi connectivity index (χ4n) is 2.85. The fraction of sp³-hybridized carbons (Fsp3) is 0.588. The van der Waals surface area contributed by atoms with Crippen LogP contribution in [-0.4, -0.2) is 44.0 Å². The zero-order valence-electron chi connectivity index (χ0n) is 14.0. The highest BCUT2D eigenvalue weighted by Crippen LogP contribution is 2.29. The fourth-order valence-corrected chi connectivity index (χ4v) is 2.85. The number of rotatable bonds is 7. The van der Waals surface area contributed by atoms with Crippen molar-refractivity contribution in [3.8, 4) is 11.5 Å². The van der Waals surface area contributed by atoms with Crippen LogP contribution in [0.15, 0.2) is 23.2 Å². The number of ether oxygens (including phenoxy) is 2. The van der Waals surface area contributed by atoms with E-state index in [-0.39, 0.29) is 0 Å². The second-order valence-corrected chi connectivity index (χ2v) is 6.00. The molecule has 0 atom stereocenters. The van der Waals surface area contributed by atoms with E-state index in [1.54, 1.807) is 14.2 Å². The quantitative estimate of drug-likeness (QED) is 0.522. The lowest BCUT2D eigenvalue weighted by atomic mass is 10.0. The van der Waals surface area contributed by atoms with Gasteiger partial charge in [0.05, 0.1) is 26.4 Å². The van der Waals surface area contributed by atoms with Crippen LogP contribution < -0.4 is 20.5 Å². The number of benzene rings is 1. The van der Waals surface area contributed by atoms with Gasteiger partial charge >= 0.3 is 0 Å². The molecule has 4 N–H and O–H groups in total. The van der Waals surface area contributed by atoms with Crippen molar-refractivity contribution < 1.29 is 14.6 Å². The maximum absolute atomic E-state index is 10.2. The lowest BCUT2D eigenvalue weighted by Gasteiger charge is -2.19. The van der Waals surface area contributed by atoms with Gasteiger partial charge in [-0.3, -0.25) is 4.99 Å². The summed E-state index contributed by atoms with van der Waals surface area (Å²) in [7, 11) is 3.24. The minimum atomic E-state index is -0.657. The highest BCUT2D eigenvalue weighted by molar-refractivity contribution is 5.77. The average molecular weight is 321 g/mol. The van der Waals surface area contributed by atoms with E-state index in [0.29, 0.717) is 19.0 Å². The third-order valence-corrected chi connectivity index (χ3v) is 4.25. The van der Waals surface area contributed by atoms with Crippen LogP contribution in [0.25, 0.3) is 0 Å². The van der Waals surface area contributed by atoms with Crippen LogP contribution in [0.3, 0.4) is 0 Å². The molecule has 6 nitrogen and oxygen atoms in total. The van der Waals surface area contributed by atoms with E-state index in [9.17, 15) is 5.11 Å². The maximum atomic E-state index is 10.2. The molecular weight excluding hydrogens is 294 g/mol. The first kappa shape index (κ1) is 17.4. The highest BCUT2D eigenvalue weighted by Gasteiger charge is 2.30. The van der Waals surface area contributed by atoms with E-state index in [1.165, 1.54) is 0 Å². The van der Waals surface area contributed by atoms with Gasteiger partial charge in [0.2, 0.25) is 0 Å². The van der Waals surface area contributed by atoms with Gasteiger partial charge < -0.3 is 25.6 Å². The topological polar surface area (TPSA) is 89.1 Å². The molecule has 0 aliphatic heterocycles. The summed E-state index contributed by atoms with van der Waals surface area (Å²) in [6, 6.07) is 5.84. The van der Waals surface area contributed by atoms with Crippen LogP contribution in [0.2, 0.25) is 0 Å². The minimum Gasteiger partial charge on any atom is -0.493 e. The van der Waals surface area contributed by atoms with E-state index >= 15 is 0 Å². The number of aliphatic hydroxyl groups is 1. The summed E-state index contributed by atoms with van der Waals surface area (Å²) in [5, 5.41) is 13.3. The van der Waals surface area contributed by atoms with Gasteiger partial charge in [0, 0.05) is 6.54 Å². The number of hydrogen-bond donors (Lipinski definition) is 3. The molecule has 23 heavy (non-hydrogen) atoms. The minimum absolute atomic E-state index is 0.377. The van der Waals surface area contributed by atoms with E-state index in [0.717, 1.165) is 49.2 Å². The predicted molar refractivity (Wildman–Crippen MR) is 91.2 cm³/mol. The Morgan fingerprint density at radius 1 is 1.26 bits per heavy atom.